The highest BCUT2D eigenvalue weighted by molar-refractivity contribution is 5.76. The number of carboxylic acids is 1. The molecule has 11 heteroatoms. The predicted octanol–water partition coefficient (Wildman–Crippen LogP) is 2.22. The van der Waals surface area contributed by atoms with Gasteiger partial charge in [-0.25, -0.2) is 0 Å². The molecule has 5 atom stereocenters. The number of hydrogen-bond donors (Lipinski definition) is 5. The lowest BCUT2D eigenvalue weighted by Crippen LogP contribution is -2.45. The molecule has 0 aliphatic heterocycles. The van der Waals surface area contributed by atoms with Gasteiger partial charge in [-0.3, -0.25) is 9.59 Å². The molecule has 1 aromatic rings. The maximum Gasteiger partial charge on any atom is 0.416 e. The molecule has 1 aromatic carbocycles. The van der Waals surface area contributed by atoms with E-state index in [0.29, 0.717) is 25.3 Å². The molecular formula is C22H28F3NO7. The SMILES string of the molecule is O=C(O)CCC/C=C/CC1C(O)CC(O)[C@@H]1NC(=O)CC(O)Oc1cccc(C(F)(F)F)c1. The molecule has 0 saturated heterocycles. The summed E-state index contributed by atoms with van der Waals surface area (Å²) in [5, 5.41) is 41.5. The Bertz CT molecular complexity index is 830. The lowest BCUT2D eigenvalue weighted by molar-refractivity contribution is -0.138. The molecule has 1 aliphatic rings. The summed E-state index contributed by atoms with van der Waals surface area (Å²) in [4.78, 5) is 22.8. The minimum absolute atomic E-state index is 0.0404. The third-order valence-electron chi connectivity index (χ3n) is 5.31. The van der Waals surface area contributed by atoms with Gasteiger partial charge in [0.15, 0.2) is 0 Å². The van der Waals surface area contributed by atoms with E-state index in [0.717, 1.165) is 12.1 Å². The first-order valence-corrected chi connectivity index (χ1v) is 10.5. The summed E-state index contributed by atoms with van der Waals surface area (Å²) in [6.45, 7) is 0. The van der Waals surface area contributed by atoms with Crippen molar-refractivity contribution >= 4 is 11.9 Å². The molecule has 8 nitrogen and oxygen atoms in total. The van der Waals surface area contributed by atoms with Crippen molar-refractivity contribution < 1.29 is 47.9 Å². The Morgan fingerprint density at radius 1 is 1.21 bits per heavy atom. The summed E-state index contributed by atoms with van der Waals surface area (Å²) < 4.78 is 43.3. The van der Waals surface area contributed by atoms with Crippen LogP contribution in [0.2, 0.25) is 0 Å². The first-order valence-electron chi connectivity index (χ1n) is 10.5. The number of allylic oxidation sites excluding steroid dienone is 2. The topological polar surface area (TPSA) is 136 Å². The number of aliphatic hydroxyl groups is 3. The van der Waals surface area contributed by atoms with E-state index in [1.165, 1.54) is 6.07 Å². The molecule has 33 heavy (non-hydrogen) atoms. The van der Waals surface area contributed by atoms with E-state index >= 15 is 0 Å². The second-order valence-corrected chi connectivity index (χ2v) is 7.92. The fraction of sp³-hybridized carbons (Fsp3) is 0.545. The normalized spacial score (nSPS) is 24.1. The van der Waals surface area contributed by atoms with Crippen LogP contribution in [0.4, 0.5) is 13.2 Å². The number of hydrogen-bond acceptors (Lipinski definition) is 6. The van der Waals surface area contributed by atoms with Crippen molar-refractivity contribution in [1.29, 1.82) is 0 Å². The molecule has 0 aromatic heterocycles. The maximum absolute atomic E-state index is 12.8. The van der Waals surface area contributed by atoms with Crippen molar-refractivity contribution in [3.05, 3.63) is 42.0 Å². The second kappa shape index (κ2) is 12.0. The van der Waals surface area contributed by atoms with E-state index in [1.54, 1.807) is 12.2 Å². The van der Waals surface area contributed by atoms with Crippen LogP contribution in [0.5, 0.6) is 5.75 Å². The van der Waals surface area contributed by atoms with Gasteiger partial charge >= 0.3 is 12.1 Å². The molecule has 1 fully saturated rings. The van der Waals surface area contributed by atoms with E-state index in [4.69, 9.17) is 9.84 Å². The van der Waals surface area contributed by atoms with Crippen LogP contribution >= 0.6 is 0 Å². The van der Waals surface area contributed by atoms with E-state index < -0.39 is 60.5 Å². The van der Waals surface area contributed by atoms with Crippen LogP contribution in [-0.4, -0.2) is 56.8 Å². The van der Waals surface area contributed by atoms with Gasteiger partial charge in [0.2, 0.25) is 12.2 Å². The summed E-state index contributed by atoms with van der Waals surface area (Å²) in [5.74, 6) is -2.35. The highest BCUT2D eigenvalue weighted by Gasteiger charge is 2.42. The summed E-state index contributed by atoms with van der Waals surface area (Å²) >= 11 is 0. The highest BCUT2D eigenvalue weighted by Crippen LogP contribution is 2.32. The van der Waals surface area contributed by atoms with Crippen LogP contribution in [0.15, 0.2) is 36.4 Å². The van der Waals surface area contributed by atoms with Crippen molar-refractivity contribution in [3.8, 4) is 5.75 Å². The van der Waals surface area contributed by atoms with E-state index in [1.807, 2.05) is 0 Å². The van der Waals surface area contributed by atoms with Crippen molar-refractivity contribution in [1.82, 2.24) is 5.32 Å². The maximum atomic E-state index is 12.8. The molecule has 0 radical (unpaired) electrons. The monoisotopic (exact) mass is 475 g/mol. The van der Waals surface area contributed by atoms with Crippen LogP contribution < -0.4 is 10.1 Å². The first-order chi connectivity index (χ1) is 15.5. The lowest BCUT2D eigenvalue weighted by Gasteiger charge is -2.24. The molecular weight excluding hydrogens is 447 g/mol. The fourth-order valence-corrected chi connectivity index (χ4v) is 3.69. The quantitative estimate of drug-likeness (QED) is 0.188. The molecule has 1 aliphatic carbocycles. The molecule has 1 saturated carbocycles. The van der Waals surface area contributed by atoms with Gasteiger partial charge in [-0.05, 0) is 37.5 Å². The smallest absolute Gasteiger partial charge is 0.416 e. The molecule has 1 amide bonds. The van der Waals surface area contributed by atoms with E-state index in [2.05, 4.69) is 5.32 Å². The Labute approximate surface area is 188 Å². The molecule has 5 N–H and O–H groups in total. The van der Waals surface area contributed by atoms with Crippen molar-refractivity contribution in [2.45, 2.75) is 69.2 Å². The zero-order chi connectivity index (χ0) is 24.6. The largest absolute Gasteiger partial charge is 0.481 e. The third-order valence-corrected chi connectivity index (χ3v) is 5.31. The minimum Gasteiger partial charge on any atom is -0.481 e. The Balaban J connectivity index is 1.87. The fourth-order valence-electron chi connectivity index (χ4n) is 3.69. The zero-order valence-electron chi connectivity index (χ0n) is 17.7. The predicted molar refractivity (Wildman–Crippen MR) is 110 cm³/mol. The average molecular weight is 475 g/mol. The number of carbonyl (C=O) groups excluding carboxylic acids is 1. The second-order valence-electron chi connectivity index (χ2n) is 7.92. The average Bonchev–Trinajstić information content (AvgIpc) is 2.96. The van der Waals surface area contributed by atoms with Gasteiger partial charge in [0.25, 0.3) is 0 Å². The van der Waals surface area contributed by atoms with Gasteiger partial charge in [0.1, 0.15) is 5.75 Å². The summed E-state index contributed by atoms with van der Waals surface area (Å²) in [6, 6.07) is 3.08. The van der Waals surface area contributed by atoms with Gasteiger partial charge in [-0.15, -0.1) is 0 Å². The third kappa shape index (κ3) is 8.67. The number of aliphatic carboxylic acids is 1. The van der Waals surface area contributed by atoms with Crippen molar-refractivity contribution in [3.63, 3.8) is 0 Å². The Morgan fingerprint density at radius 3 is 2.61 bits per heavy atom. The number of ether oxygens (including phenoxy) is 1. The highest BCUT2D eigenvalue weighted by atomic mass is 19.4. The van der Waals surface area contributed by atoms with Gasteiger partial charge < -0.3 is 30.5 Å². The molecule has 184 valence electrons. The molecule has 0 heterocycles. The van der Waals surface area contributed by atoms with Crippen LogP contribution in [-0.2, 0) is 15.8 Å². The van der Waals surface area contributed by atoms with Crippen LogP contribution in [0.1, 0.15) is 44.1 Å². The van der Waals surface area contributed by atoms with E-state index in [-0.39, 0.29) is 18.6 Å². The molecule has 0 spiro atoms. The summed E-state index contributed by atoms with van der Waals surface area (Å²) in [5.41, 5.74) is -0.960. The van der Waals surface area contributed by atoms with Gasteiger partial charge in [0, 0.05) is 18.8 Å². The first kappa shape index (κ1) is 26.6. The van der Waals surface area contributed by atoms with Crippen LogP contribution in [0, 0.1) is 5.92 Å². The summed E-state index contributed by atoms with van der Waals surface area (Å²) in [6.07, 6.45) is -3.84. The Kier molecular flexibility index (Phi) is 9.69. The minimum atomic E-state index is -4.58. The van der Waals surface area contributed by atoms with Crippen LogP contribution in [0.25, 0.3) is 0 Å². The number of rotatable bonds is 11. The zero-order valence-corrected chi connectivity index (χ0v) is 17.7. The Morgan fingerprint density at radius 2 is 1.94 bits per heavy atom. The number of carboxylic acid groups (broad SMARTS) is 1. The number of halogens is 3. The molecule has 4 unspecified atom stereocenters. The number of unbranched alkanes of at least 4 members (excludes halogenated alkanes) is 1. The lowest BCUT2D eigenvalue weighted by atomic mass is 9.96. The number of benzene rings is 1. The van der Waals surface area contributed by atoms with Crippen molar-refractivity contribution in [2.75, 3.05) is 0 Å². The molecule has 0 bridgehead atoms. The van der Waals surface area contributed by atoms with Gasteiger partial charge in [-0.2, -0.15) is 13.2 Å². The summed E-state index contributed by atoms with van der Waals surface area (Å²) in [7, 11) is 0. The van der Waals surface area contributed by atoms with Crippen LogP contribution in [0.3, 0.4) is 0 Å². The number of nitrogens with one attached hydrogen (secondary N) is 1. The van der Waals surface area contributed by atoms with Gasteiger partial charge in [-0.1, -0.05) is 18.2 Å². The number of amides is 1. The van der Waals surface area contributed by atoms with Gasteiger partial charge in [0.05, 0.1) is 30.2 Å². The Hall–Kier alpha value is -2.63. The number of aliphatic hydroxyl groups excluding tert-OH is 3. The standard InChI is InChI=1S/C22H28F3NO7/c23-22(24,25)13-6-5-7-14(10-13)33-20(32)12-18(29)26-21-15(16(27)11-17(21)28)8-3-1-2-4-9-19(30)31/h1,3,5-7,10,15-17,20-21,27-28,32H,2,4,8-9,11-12H2,(H,26,29)(H,30,31)/b3-1+/t15?,16?,17?,20?,21-/m1/s1. The van der Waals surface area contributed by atoms with Crippen molar-refractivity contribution in [2.24, 2.45) is 5.92 Å². The number of alkyl halides is 3. The van der Waals surface area contributed by atoms with E-state index in [9.17, 15) is 38.1 Å². The molecule has 2 rings (SSSR count). The number of carbonyl (C=O) groups is 2.